The van der Waals surface area contributed by atoms with Crippen LogP contribution in [0.4, 0.5) is 10.2 Å². The number of methoxy groups -OCH3 is 1. The van der Waals surface area contributed by atoms with Gasteiger partial charge in [-0.25, -0.2) is 4.39 Å². The molecule has 5 nitrogen and oxygen atoms in total. The fraction of sp³-hybridized carbons (Fsp3) is 0.200. The average molecular weight is 388 g/mol. The first kappa shape index (κ1) is 18.9. The molecule has 0 bridgehead atoms. The van der Waals surface area contributed by atoms with Gasteiger partial charge in [0.2, 0.25) is 0 Å². The Balaban J connectivity index is 1.79. The fourth-order valence-corrected chi connectivity index (χ4v) is 3.03. The Hall–Kier alpha value is -2.86. The third-order valence-corrected chi connectivity index (χ3v) is 4.66. The van der Waals surface area contributed by atoms with Crippen LogP contribution in [0.3, 0.4) is 0 Å². The second-order valence-electron chi connectivity index (χ2n) is 6.15. The summed E-state index contributed by atoms with van der Waals surface area (Å²) >= 11 is 6.09. The molecule has 3 aromatic rings. The molecule has 2 aromatic carbocycles. The van der Waals surface area contributed by atoms with Crippen molar-refractivity contribution in [3.8, 4) is 5.75 Å². The molecule has 1 N–H and O–H groups in total. The van der Waals surface area contributed by atoms with Crippen molar-refractivity contribution >= 4 is 23.3 Å². The molecule has 140 valence electrons. The first-order chi connectivity index (χ1) is 12.9. The molecule has 0 atom stereocenters. The van der Waals surface area contributed by atoms with E-state index < -0.39 is 0 Å². The van der Waals surface area contributed by atoms with Gasteiger partial charge < -0.3 is 10.1 Å². The second kappa shape index (κ2) is 7.80. The summed E-state index contributed by atoms with van der Waals surface area (Å²) in [7, 11) is 1.57. The lowest BCUT2D eigenvalue weighted by Gasteiger charge is -2.09. The smallest absolute Gasteiger partial charge is 0.257 e. The molecule has 7 heteroatoms. The Kier molecular flexibility index (Phi) is 5.46. The summed E-state index contributed by atoms with van der Waals surface area (Å²) in [5, 5.41) is 7.54. The summed E-state index contributed by atoms with van der Waals surface area (Å²) in [5.74, 6) is 0.423. The number of anilines is 1. The van der Waals surface area contributed by atoms with E-state index in [0.29, 0.717) is 28.7 Å². The monoisotopic (exact) mass is 387 g/mol. The third-order valence-electron chi connectivity index (χ3n) is 4.31. The summed E-state index contributed by atoms with van der Waals surface area (Å²) in [6, 6.07) is 11.3. The molecular weight excluding hydrogens is 369 g/mol. The Morgan fingerprint density at radius 1 is 1.26 bits per heavy atom. The molecular formula is C20H19ClFN3O2. The minimum atomic E-state index is -0.387. The number of hydrogen-bond acceptors (Lipinski definition) is 3. The number of benzene rings is 2. The SMILES string of the molecule is COc1cccc(C(=O)Nc2cc(C)n(Cc3ccc(F)cc3Cl)n2)c1C. The number of hydrogen-bond donors (Lipinski definition) is 1. The van der Waals surface area contributed by atoms with Crippen molar-refractivity contribution in [3.05, 3.63) is 75.7 Å². The normalized spacial score (nSPS) is 10.7. The van der Waals surface area contributed by atoms with Crippen LogP contribution in [0.25, 0.3) is 0 Å². The van der Waals surface area contributed by atoms with Crippen LogP contribution in [-0.4, -0.2) is 22.8 Å². The van der Waals surface area contributed by atoms with Gasteiger partial charge in [-0.05, 0) is 43.7 Å². The average Bonchev–Trinajstić information content (AvgIpc) is 2.96. The largest absolute Gasteiger partial charge is 0.496 e. The van der Waals surface area contributed by atoms with E-state index in [1.165, 1.54) is 12.1 Å². The number of ether oxygens (including phenoxy) is 1. The van der Waals surface area contributed by atoms with Crippen molar-refractivity contribution in [3.63, 3.8) is 0 Å². The Morgan fingerprint density at radius 3 is 2.74 bits per heavy atom. The van der Waals surface area contributed by atoms with E-state index >= 15 is 0 Å². The maximum atomic E-state index is 13.2. The highest BCUT2D eigenvalue weighted by Gasteiger charge is 2.15. The number of nitrogens with zero attached hydrogens (tertiary/aromatic N) is 2. The van der Waals surface area contributed by atoms with Gasteiger partial charge >= 0.3 is 0 Å². The van der Waals surface area contributed by atoms with Crippen LogP contribution in [0, 0.1) is 19.7 Å². The van der Waals surface area contributed by atoms with Crippen LogP contribution in [0.5, 0.6) is 5.75 Å². The molecule has 3 rings (SSSR count). The highest BCUT2D eigenvalue weighted by Crippen LogP contribution is 2.23. The van der Waals surface area contributed by atoms with Crippen molar-refractivity contribution in [2.75, 3.05) is 12.4 Å². The second-order valence-corrected chi connectivity index (χ2v) is 6.56. The van der Waals surface area contributed by atoms with Crippen molar-refractivity contribution in [1.82, 2.24) is 9.78 Å². The molecule has 0 aliphatic carbocycles. The van der Waals surface area contributed by atoms with E-state index in [1.807, 2.05) is 13.8 Å². The molecule has 0 aliphatic rings. The molecule has 1 aromatic heterocycles. The lowest BCUT2D eigenvalue weighted by atomic mass is 10.1. The summed E-state index contributed by atoms with van der Waals surface area (Å²) in [6.07, 6.45) is 0. The molecule has 0 radical (unpaired) electrons. The zero-order valence-electron chi connectivity index (χ0n) is 15.2. The molecule has 0 saturated heterocycles. The van der Waals surface area contributed by atoms with Crippen molar-refractivity contribution in [2.24, 2.45) is 0 Å². The molecule has 0 saturated carbocycles. The number of aryl methyl sites for hydroxylation is 1. The highest BCUT2D eigenvalue weighted by atomic mass is 35.5. The van der Waals surface area contributed by atoms with Gasteiger partial charge in [-0.2, -0.15) is 5.10 Å². The molecule has 0 aliphatic heterocycles. The van der Waals surface area contributed by atoms with Crippen LogP contribution in [0.1, 0.15) is 27.2 Å². The first-order valence-corrected chi connectivity index (χ1v) is 8.70. The number of amides is 1. The van der Waals surface area contributed by atoms with Gasteiger partial charge in [-0.15, -0.1) is 0 Å². The number of carbonyl (C=O) groups excluding carboxylic acids is 1. The van der Waals surface area contributed by atoms with Gasteiger partial charge in [0.1, 0.15) is 11.6 Å². The molecule has 27 heavy (non-hydrogen) atoms. The summed E-state index contributed by atoms with van der Waals surface area (Å²) < 4.78 is 20.2. The number of aromatic nitrogens is 2. The predicted octanol–water partition coefficient (Wildman–Crippen LogP) is 4.60. The van der Waals surface area contributed by atoms with E-state index in [9.17, 15) is 9.18 Å². The Labute approximate surface area is 161 Å². The zero-order valence-corrected chi connectivity index (χ0v) is 16.0. The van der Waals surface area contributed by atoms with Crippen molar-refractivity contribution < 1.29 is 13.9 Å². The molecule has 1 amide bonds. The quantitative estimate of drug-likeness (QED) is 0.696. The lowest BCUT2D eigenvalue weighted by Crippen LogP contribution is -2.14. The van der Waals surface area contributed by atoms with Crippen LogP contribution < -0.4 is 10.1 Å². The summed E-state index contributed by atoms with van der Waals surface area (Å²) in [6.45, 7) is 4.07. The molecule has 0 unspecified atom stereocenters. The van der Waals surface area contributed by atoms with Gasteiger partial charge in [0.15, 0.2) is 5.82 Å². The van der Waals surface area contributed by atoms with Gasteiger partial charge in [-0.3, -0.25) is 9.48 Å². The molecule has 0 spiro atoms. The third kappa shape index (κ3) is 4.11. The van der Waals surface area contributed by atoms with Gasteiger partial charge in [0.25, 0.3) is 5.91 Å². The number of rotatable bonds is 5. The molecule has 0 fully saturated rings. The minimum absolute atomic E-state index is 0.268. The lowest BCUT2D eigenvalue weighted by molar-refractivity contribution is 0.102. The number of nitrogens with one attached hydrogen (secondary N) is 1. The van der Waals surface area contributed by atoms with E-state index in [1.54, 1.807) is 42.1 Å². The predicted molar refractivity (Wildman–Crippen MR) is 103 cm³/mol. The standard InChI is InChI=1S/C20H19ClFN3O2/c1-12-9-19(23-20(26)16-5-4-6-18(27-3)13(16)2)24-25(12)11-14-7-8-15(22)10-17(14)21/h4-10H,11H2,1-3H3,(H,23,24,26). The van der Waals surface area contributed by atoms with Crippen LogP contribution in [-0.2, 0) is 6.54 Å². The van der Waals surface area contributed by atoms with Crippen molar-refractivity contribution in [1.29, 1.82) is 0 Å². The van der Waals surface area contributed by atoms with E-state index in [4.69, 9.17) is 16.3 Å². The number of carbonyl (C=O) groups is 1. The maximum absolute atomic E-state index is 13.2. The molecule has 1 heterocycles. The van der Waals surface area contributed by atoms with Gasteiger partial charge in [0.05, 0.1) is 13.7 Å². The van der Waals surface area contributed by atoms with E-state index in [0.717, 1.165) is 16.8 Å². The Bertz CT molecular complexity index is 1000. The first-order valence-electron chi connectivity index (χ1n) is 8.32. The van der Waals surface area contributed by atoms with E-state index in [2.05, 4.69) is 10.4 Å². The zero-order chi connectivity index (χ0) is 19.6. The van der Waals surface area contributed by atoms with Gasteiger partial charge in [-0.1, -0.05) is 23.7 Å². The van der Waals surface area contributed by atoms with Crippen molar-refractivity contribution in [2.45, 2.75) is 20.4 Å². The van der Waals surface area contributed by atoms with Gasteiger partial charge in [0, 0.05) is 27.9 Å². The highest BCUT2D eigenvalue weighted by molar-refractivity contribution is 6.31. The van der Waals surface area contributed by atoms with Crippen LogP contribution in [0.2, 0.25) is 5.02 Å². The van der Waals surface area contributed by atoms with E-state index in [-0.39, 0.29) is 11.7 Å². The topological polar surface area (TPSA) is 56.1 Å². The van der Waals surface area contributed by atoms with Crippen LogP contribution in [0.15, 0.2) is 42.5 Å². The summed E-state index contributed by atoms with van der Waals surface area (Å²) in [5.41, 5.74) is 2.86. The fourth-order valence-electron chi connectivity index (χ4n) is 2.81. The van der Waals surface area contributed by atoms with Crippen LogP contribution >= 0.6 is 11.6 Å². The minimum Gasteiger partial charge on any atom is -0.496 e. The summed E-state index contributed by atoms with van der Waals surface area (Å²) in [4.78, 5) is 12.6. The Morgan fingerprint density at radius 2 is 2.04 bits per heavy atom. The number of halogens is 2. The maximum Gasteiger partial charge on any atom is 0.257 e.